The second kappa shape index (κ2) is 7.14. The second-order valence-corrected chi connectivity index (χ2v) is 4.73. The first-order chi connectivity index (χ1) is 9.80. The summed E-state index contributed by atoms with van der Waals surface area (Å²) >= 11 is 0. The fourth-order valence-electron chi connectivity index (χ4n) is 2.10. The molecule has 0 unspecified atom stereocenters. The summed E-state index contributed by atoms with van der Waals surface area (Å²) < 4.78 is 1.89. The van der Waals surface area contributed by atoms with Gasteiger partial charge in [-0.3, -0.25) is 0 Å². The number of aryl methyl sites for hydroxylation is 2. The van der Waals surface area contributed by atoms with Crippen LogP contribution in [-0.2, 0) is 19.4 Å². The predicted octanol–water partition coefficient (Wildman–Crippen LogP) is 2.29. The van der Waals surface area contributed by atoms with E-state index >= 15 is 0 Å². The minimum absolute atomic E-state index is 0.807. The van der Waals surface area contributed by atoms with E-state index in [4.69, 9.17) is 0 Å². The molecular weight excluding hydrogens is 250 g/mol. The molecule has 108 valence electrons. The van der Waals surface area contributed by atoms with Crippen molar-refractivity contribution < 1.29 is 0 Å². The van der Waals surface area contributed by atoms with Crippen molar-refractivity contribution in [2.75, 3.05) is 6.54 Å². The number of hydrogen-bond acceptors (Lipinski definition) is 4. The van der Waals surface area contributed by atoms with E-state index < -0.39 is 0 Å². The van der Waals surface area contributed by atoms with E-state index in [1.807, 2.05) is 16.9 Å². The highest BCUT2D eigenvalue weighted by molar-refractivity contribution is 5.33. The van der Waals surface area contributed by atoms with E-state index in [0.717, 1.165) is 55.4 Å². The van der Waals surface area contributed by atoms with Gasteiger partial charge >= 0.3 is 0 Å². The average Bonchev–Trinajstić information content (AvgIpc) is 2.91. The molecule has 0 aliphatic carbocycles. The highest BCUT2D eigenvalue weighted by Gasteiger charge is 2.13. The summed E-state index contributed by atoms with van der Waals surface area (Å²) in [4.78, 5) is 9.06. The molecule has 2 rings (SSSR count). The molecule has 0 saturated heterocycles. The maximum Gasteiger partial charge on any atom is 0.159 e. The molecule has 2 aromatic heterocycles. The van der Waals surface area contributed by atoms with Crippen LogP contribution in [0.3, 0.4) is 0 Å². The highest BCUT2D eigenvalue weighted by atomic mass is 15.4. The van der Waals surface area contributed by atoms with Gasteiger partial charge in [0.15, 0.2) is 11.6 Å². The molecule has 0 aliphatic rings. The summed E-state index contributed by atoms with van der Waals surface area (Å²) in [5.41, 5.74) is 1.16. The van der Waals surface area contributed by atoms with Gasteiger partial charge < -0.3 is 5.32 Å². The third-order valence-electron chi connectivity index (χ3n) is 3.16. The van der Waals surface area contributed by atoms with Crippen molar-refractivity contribution in [2.45, 2.75) is 46.6 Å². The van der Waals surface area contributed by atoms with Crippen LogP contribution in [0, 0.1) is 0 Å². The van der Waals surface area contributed by atoms with Crippen molar-refractivity contribution in [2.24, 2.45) is 0 Å². The Bertz CT molecular complexity index is 547. The molecule has 0 atom stereocenters. The van der Waals surface area contributed by atoms with E-state index in [0.29, 0.717) is 0 Å². The molecule has 0 radical (unpaired) electrons. The third kappa shape index (κ3) is 3.22. The van der Waals surface area contributed by atoms with Gasteiger partial charge in [-0.2, -0.15) is 4.68 Å². The number of pyridine rings is 1. The van der Waals surface area contributed by atoms with Crippen LogP contribution >= 0.6 is 0 Å². The summed E-state index contributed by atoms with van der Waals surface area (Å²) in [7, 11) is 0. The molecule has 0 spiro atoms. The van der Waals surface area contributed by atoms with Crippen LogP contribution in [0.5, 0.6) is 0 Å². The van der Waals surface area contributed by atoms with Gasteiger partial charge in [-0.05, 0) is 19.0 Å². The molecule has 5 heteroatoms. The molecule has 2 heterocycles. The quantitative estimate of drug-likeness (QED) is 0.786. The van der Waals surface area contributed by atoms with Crippen LogP contribution in [-0.4, -0.2) is 26.3 Å². The minimum Gasteiger partial charge on any atom is -0.313 e. The van der Waals surface area contributed by atoms with Crippen LogP contribution in [0.1, 0.15) is 44.4 Å². The van der Waals surface area contributed by atoms with E-state index in [-0.39, 0.29) is 0 Å². The second-order valence-electron chi connectivity index (χ2n) is 4.73. The van der Waals surface area contributed by atoms with Crippen LogP contribution in [0.15, 0.2) is 18.3 Å². The van der Waals surface area contributed by atoms with Crippen LogP contribution in [0.25, 0.3) is 5.82 Å². The maximum atomic E-state index is 4.57. The minimum atomic E-state index is 0.807. The molecule has 0 aromatic carbocycles. The Hall–Kier alpha value is -1.75. The lowest BCUT2D eigenvalue weighted by atomic mass is 10.2. The molecule has 0 aliphatic heterocycles. The smallest absolute Gasteiger partial charge is 0.159 e. The van der Waals surface area contributed by atoms with E-state index in [1.165, 1.54) is 0 Å². The SMILES string of the molecule is CCCNCc1cccnc1-n1nc(CC)nc1CC. The Morgan fingerprint density at radius 3 is 2.75 bits per heavy atom. The van der Waals surface area contributed by atoms with Crippen LogP contribution in [0.4, 0.5) is 0 Å². The summed E-state index contributed by atoms with van der Waals surface area (Å²) in [6.07, 6.45) is 4.63. The molecule has 0 fully saturated rings. The van der Waals surface area contributed by atoms with Crippen molar-refractivity contribution in [3.8, 4) is 5.82 Å². The number of nitrogens with zero attached hydrogens (tertiary/aromatic N) is 4. The summed E-state index contributed by atoms with van der Waals surface area (Å²) in [5.74, 6) is 2.73. The number of aromatic nitrogens is 4. The zero-order chi connectivity index (χ0) is 14.4. The first kappa shape index (κ1) is 14.7. The van der Waals surface area contributed by atoms with Gasteiger partial charge in [0.1, 0.15) is 5.82 Å². The fourth-order valence-corrected chi connectivity index (χ4v) is 2.10. The molecule has 1 N–H and O–H groups in total. The fraction of sp³-hybridized carbons (Fsp3) is 0.533. The van der Waals surface area contributed by atoms with Crippen LogP contribution < -0.4 is 5.32 Å². The maximum absolute atomic E-state index is 4.57. The van der Waals surface area contributed by atoms with Gasteiger partial charge in [0.2, 0.25) is 0 Å². The van der Waals surface area contributed by atoms with E-state index in [9.17, 15) is 0 Å². The van der Waals surface area contributed by atoms with E-state index in [1.54, 1.807) is 0 Å². The molecule has 0 bridgehead atoms. The number of rotatable bonds is 7. The standard InChI is InChI=1S/C15H23N5/c1-4-9-16-11-12-8-7-10-17-15(12)20-14(6-3)18-13(5-2)19-20/h7-8,10,16H,4-6,9,11H2,1-3H3. The Balaban J connectivity index is 2.34. The Kier molecular flexibility index (Phi) is 5.24. The monoisotopic (exact) mass is 273 g/mol. The Morgan fingerprint density at radius 1 is 1.20 bits per heavy atom. The van der Waals surface area contributed by atoms with Crippen LogP contribution in [0.2, 0.25) is 0 Å². The Labute approximate surface area is 120 Å². The van der Waals surface area contributed by atoms with Crippen molar-refractivity contribution in [3.63, 3.8) is 0 Å². The van der Waals surface area contributed by atoms with Crippen molar-refractivity contribution in [1.82, 2.24) is 25.1 Å². The topological polar surface area (TPSA) is 55.6 Å². The lowest BCUT2D eigenvalue weighted by Gasteiger charge is -2.10. The van der Waals surface area contributed by atoms with Gasteiger partial charge in [-0.25, -0.2) is 9.97 Å². The van der Waals surface area contributed by atoms with Gasteiger partial charge in [-0.1, -0.05) is 26.8 Å². The normalized spacial score (nSPS) is 10.9. The van der Waals surface area contributed by atoms with Crippen molar-refractivity contribution in [1.29, 1.82) is 0 Å². The number of nitrogens with one attached hydrogen (secondary N) is 1. The molecule has 2 aromatic rings. The van der Waals surface area contributed by atoms with Gasteiger partial charge in [0.05, 0.1) is 0 Å². The van der Waals surface area contributed by atoms with E-state index in [2.05, 4.69) is 47.2 Å². The van der Waals surface area contributed by atoms with Gasteiger partial charge in [0.25, 0.3) is 0 Å². The summed E-state index contributed by atoms with van der Waals surface area (Å²) in [6.45, 7) is 8.14. The zero-order valence-electron chi connectivity index (χ0n) is 12.6. The first-order valence-corrected chi connectivity index (χ1v) is 7.39. The average molecular weight is 273 g/mol. The highest BCUT2D eigenvalue weighted by Crippen LogP contribution is 2.13. The largest absolute Gasteiger partial charge is 0.313 e. The molecule has 0 amide bonds. The lowest BCUT2D eigenvalue weighted by Crippen LogP contribution is -2.17. The predicted molar refractivity (Wildman–Crippen MR) is 79.9 cm³/mol. The van der Waals surface area contributed by atoms with Gasteiger partial charge in [0, 0.05) is 31.1 Å². The third-order valence-corrected chi connectivity index (χ3v) is 3.16. The summed E-state index contributed by atoms with van der Waals surface area (Å²) in [6, 6.07) is 4.06. The zero-order valence-corrected chi connectivity index (χ0v) is 12.6. The van der Waals surface area contributed by atoms with Crippen molar-refractivity contribution >= 4 is 0 Å². The molecule has 0 saturated carbocycles. The lowest BCUT2D eigenvalue weighted by molar-refractivity contribution is 0.662. The molecular formula is C15H23N5. The summed E-state index contributed by atoms with van der Waals surface area (Å²) in [5, 5.41) is 7.99. The number of hydrogen-bond donors (Lipinski definition) is 1. The van der Waals surface area contributed by atoms with Crippen molar-refractivity contribution in [3.05, 3.63) is 35.5 Å². The Morgan fingerprint density at radius 2 is 2.05 bits per heavy atom. The molecule has 5 nitrogen and oxygen atoms in total. The van der Waals surface area contributed by atoms with Gasteiger partial charge in [-0.15, -0.1) is 5.10 Å². The molecule has 20 heavy (non-hydrogen) atoms. The first-order valence-electron chi connectivity index (χ1n) is 7.39.